The molecular weight excluding hydrogens is 390 g/mol. The summed E-state index contributed by atoms with van der Waals surface area (Å²) < 4.78 is 0.733. The number of halogens is 1. The number of hydrogen-bond acceptors (Lipinski definition) is 5. The zero-order valence-corrected chi connectivity index (χ0v) is 14.8. The van der Waals surface area contributed by atoms with E-state index in [4.69, 9.17) is 0 Å². The Morgan fingerprint density at radius 1 is 1.32 bits per heavy atom. The predicted molar refractivity (Wildman–Crippen MR) is 95.0 cm³/mol. The highest BCUT2D eigenvalue weighted by Gasteiger charge is 2.45. The summed E-state index contributed by atoms with van der Waals surface area (Å²) in [7, 11) is 0. The van der Waals surface area contributed by atoms with Crippen LogP contribution in [0.4, 0.5) is 5.69 Å². The van der Waals surface area contributed by atoms with E-state index in [2.05, 4.69) is 21.0 Å². The monoisotopic (exact) mass is 403 g/mol. The Morgan fingerprint density at radius 2 is 2.00 bits per heavy atom. The second kappa shape index (κ2) is 6.38. The number of aliphatic hydroxyl groups is 1. The van der Waals surface area contributed by atoms with E-state index >= 15 is 0 Å². The van der Waals surface area contributed by atoms with Crippen molar-refractivity contribution in [2.75, 3.05) is 0 Å². The van der Waals surface area contributed by atoms with Crippen molar-refractivity contribution < 1.29 is 14.8 Å². The number of nitrogens with zero attached hydrogens (tertiary/aromatic N) is 3. The molecule has 25 heavy (non-hydrogen) atoms. The molecule has 0 saturated heterocycles. The van der Waals surface area contributed by atoms with Crippen LogP contribution in [0.5, 0.6) is 0 Å². The first-order valence-corrected chi connectivity index (χ1v) is 8.22. The van der Waals surface area contributed by atoms with E-state index in [0.717, 1.165) is 9.48 Å². The molecule has 1 atom stereocenters. The van der Waals surface area contributed by atoms with Gasteiger partial charge < -0.3 is 5.11 Å². The van der Waals surface area contributed by atoms with E-state index in [0.29, 0.717) is 16.8 Å². The smallest absolute Gasteiger partial charge is 0.276 e. The van der Waals surface area contributed by atoms with Gasteiger partial charge in [-0.1, -0.05) is 22.0 Å². The van der Waals surface area contributed by atoms with Crippen LogP contribution in [0.2, 0.25) is 0 Å². The molecule has 3 rings (SSSR count). The van der Waals surface area contributed by atoms with Gasteiger partial charge in [-0.3, -0.25) is 14.9 Å². The number of amides is 1. The van der Waals surface area contributed by atoms with E-state index in [-0.39, 0.29) is 12.1 Å². The van der Waals surface area contributed by atoms with Crippen LogP contribution < -0.4 is 0 Å². The highest BCUT2D eigenvalue weighted by Crippen LogP contribution is 2.37. The molecule has 0 radical (unpaired) electrons. The van der Waals surface area contributed by atoms with Gasteiger partial charge in [0.2, 0.25) is 0 Å². The maximum absolute atomic E-state index is 12.8. The molecule has 1 N–H and O–H groups in total. The Labute approximate surface area is 151 Å². The first kappa shape index (κ1) is 17.2. The largest absolute Gasteiger partial charge is 0.365 e. The van der Waals surface area contributed by atoms with Crippen LogP contribution in [0.25, 0.3) is 0 Å². The second-order valence-electron chi connectivity index (χ2n) is 5.76. The number of hydrogen-bond donors (Lipinski definition) is 1. The molecule has 0 spiro atoms. The highest BCUT2D eigenvalue weighted by atomic mass is 79.9. The fourth-order valence-corrected chi connectivity index (χ4v) is 3.15. The van der Waals surface area contributed by atoms with Crippen molar-refractivity contribution in [3.63, 3.8) is 0 Å². The summed E-state index contributed by atoms with van der Waals surface area (Å²) in [6.45, 7) is 1.71. The third-order valence-electron chi connectivity index (χ3n) is 3.93. The highest BCUT2D eigenvalue weighted by molar-refractivity contribution is 9.10. The molecule has 0 aromatic heterocycles. The molecule has 1 aliphatic heterocycles. The molecule has 1 heterocycles. The summed E-state index contributed by atoms with van der Waals surface area (Å²) in [5.74, 6) is -0.459. The quantitative estimate of drug-likeness (QED) is 0.626. The molecule has 1 amide bonds. The van der Waals surface area contributed by atoms with Crippen molar-refractivity contribution in [3.05, 3.63) is 74.2 Å². The van der Waals surface area contributed by atoms with E-state index in [9.17, 15) is 20.0 Å². The number of carbonyl (C=O) groups excluding carboxylic acids is 1. The van der Waals surface area contributed by atoms with Crippen molar-refractivity contribution in [1.82, 2.24) is 5.01 Å². The normalized spacial score (nSPS) is 19.6. The van der Waals surface area contributed by atoms with Gasteiger partial charge in [-0.2, -0.15) is 10.1 Å². The lowest BCUT2D eigenvalue weighted by molar-refractivity contribution is -0.384. The van der Waals surface area contributed by atoms with Gasteiger partial charge in [-0.15, -0.1) is 0 Å². The Hall–Kier alpha value is -2.58. The maximum Gasteiger partial charge on any atom is 0.276 e. The van der Waals surface area contributed by atoms with Crippen molar-refractivity contribution in [1.29, 1.82) is 0 Å². The van der Waals surface area contributed by atoms with Crippen LogP contribution in [0, 0.1) is 10.1 Å². The standard InChI is InChI=1S/C17H14BrN3O4/c1-11-10-17(23,13-5-7-15(8-6-13)21(24)25)20(19-11)16(22)12-3-2-4-14(18)9-12/h2-9,23H,10H2,1H3/t17-/m1/s1. The number of non-ortho nitro benzene ring substituents is 1. The van der Waals surface area contributed by atoms with Crippen LogP contribution in [0.3, 0.4) is 0 Å². The minimum Gasteiger partial charge on any atom is -0.365 e. The molecule has 0 saturated carbocycles. The topological polar surface area (TPSA) is 96.0 Å². The molecule has 2 aromatic rings. The van der Waals surface area contributed by atoms with Gasteiger partial charge in [0.05, 0.1) is 4.92 Å². The van der Waals surface area contributed by atoms with Gasteiger partial charge in [0.15, 0.2) is 5.72 Å². The van der Waals surface area contributed by atoms with Crippen molar-refractivity contribution in [2.45, 2.75) is 19.1 Å². The molecule has 7 nitrogen and oxygen atoms in total. The molecule has 2 aromatic carbocycles. The van der Waals surface area contributed by atoms with E-state index < -0.39 is 16.6 Å². The summed E-state index contributed by atoms with van der Waals surface area (Å²) in [6.07, 6.45) is 0.130. The summed E-state index contributed by atoms with van der Waals surface area (Å²) in [5, 5.41) is 27.2. The fraction of sp³-hybridized carbons (Fsp3) is 0.176. The lowest BCUT2D eigenvalue weighted by Crippen LogP contribution is -2.43. The Bertz CT molecular complexity index is 882. The summed E-state index contributed by atoms with van der Waals surface area (Å²) in [5.41, 5.74) is -0.453. The third kappa shape index (κ3) is 3.18. The molecule has 128 valence electrons. The molecule has 1 aliphatic rings. The lowest BCUT2D eigenvalue weighted by atomic mass is 9.97. The Morgan fingerprint density at radius 3 is 2.60 bits per heavy atom. The van der Waals surface area contributed by atoms with Crippen molar-refractivity contribution in [3.8, 4) is 0 Å². The number of nitro groups is 1. The third-order valence-corrected chi connectivity index (χ3v) is 4.42. The van der Waals surface area contributed by atoms with Gasteiger partial charge in [0.25, 0.3) is 11.6 Å². The van der Waals surface area contributed by atoms with Crippen LogP contribution in [0.1, 0.15) is 29.3 Å². The minimum absolute atomic E-state index is 0.0900. The predicted octanol–water partition coefficient (Wildman–Crippen LogP) is 3.42. The SMILES string of the molecule is CC1=NN(C(=O)c2cccc(Br)c2)[C@](O)(c2ccc([N+](=O)[O-])cc2)C1. The first-order valence-electron chi connectivity index (χ1n) is 7.43. The fourth-order valence-electron chi connectivity index (χ4n) is 2.75. The number of benzene rings is 2. The maximum atomic E-state index is 12.8. The zero-order chi connectivity index (χ0) is 18.2. The van der Waals surface area contributed by atoms with E-state index in [1.807, 2.05) is 0 Å². The van der Waals surface area contributed by atoms with Crippen LogP contribution >= 0.6 is 15.9 Å². The molecule has 0 bridgehead atoms. The van der Waals surface area contributed by atoms with Crippen molar-refractivity contribution >= 4 is 33.2 Å². The van der Waals surface area contributed by atoms with Gasteiger partial charge in [-0.25, -0.2) is 0 Å². The van der Waals surface area contributed by atoms with E-state index in [1.54, 1.807) is 31.2 Å². The summed E-state index contributed by atoms with van der Waals surface area (Å²) >= 11 is 3.31. The van der Waals surface area contributed by atoms with Gasteiger partial charge in [-0.05, 0) is 37.3 Å². The van der Waals surface area contributed by atoms with Gasteiger partial charge in [0, 0.05) is 39.9 Å². The molecule has 0 aliphatic carbocycles. The molecule has 0 unspecified atom stereocenters. The Kier molecular flexibility index (Phi) is 4.40. The van der Waals surface area contributed by atoms with E-state index in [1.165, 1.54) is 24.3 Å². The zero-order valence-electron chi connectivity index (χ0n) is 13.2. The average molecular weight is 404 g/mol. The second-order valence-corrected chi connectivity index (χ2v) is 6.68. The molecule has 0 fully saturated rings. The first-order chi connectivity index (χ1) is 11.8. The average Bonchev–Trinajstić information content (AvgIpc) is 2.90. The lowest BCUT2D eigenvalue weighted by Gasteiger charge is -2.31. The van der Waals surface area contributed by atoms with Gasteiger partial charge in [0.1, 0.15) is 0 Å². The minimum atomic E-state index is -1.68. The van der Waals surface area contributed by atoms with Crippen LogP contribution in [-0.2, 0) is 5.72 Å². The Balaban J connectivity index is 1.99. The molecular formula is C17H14BrN3O4. The summed E-state index contributed by atoms with van der Waals surface area (Å²) in [6, 6.07) is 12.2. The number of nitro benzene ring substituents is 1. The number of carbonyl (C=O) groups is 1. The van der Waals surface area contributed by atoms with Crippen LogP contribution in [0.15, 0.2) is 58.1 Å². The molecule has 8 heteroatoms. The number of hydrazone groups is 1. The van der Waals surface area contributed by atoms with Crippen molar-refractivity contribution in [2.24, 2.45) is 5.10 Å². The van der Waals surface area contributed by atoms with Crippen LogP contribution in [-0.4, -0.2) is 26.7 Å². The summed E-state index contributed by atoms with van der Waals surface area (Å²) in [4.78, 5) is 23.1. The number of rotatable bonds is 3. The van der Waals surface area contributed by atoms with Gasteiger partial charge >= 0.3 is 0 Å².